The van der Waals surface area contributed by atoms with Crippen molar-refractivity contribution in [3.05, 3.63) is 40.3 Å². The zero-order valence-corrected chi connectivity index (χ0v) is 18.3. The van der Waals surface area contributed by atoms with Crippen LogP contribution in [0.2, 0.25) is 0 Å². The molecule has 2 heterocycles. The van der Waals surface area contributed by atoms with E-state index >= 15 is 0 Å². The molecule has 10 nitrogen and oxygen atoms in total. The molecule has 1 aromatic carbocycles. The summed E-state index contributed by atoms with van der Waals surface area (Å²) in [6.45, 7) is 0.881. The number of nitrogens with one attached hydrogen (secondary N) is 1. The van der Waals surface area contributed by atoms with E-state index in [1.807, 2.05) is 0 Å². The minimum atomic E-state index is -1.02. The van der Waals surface area contributed by atoms with Crippen LogP contribution in [0.1, 0.15) is 42.6 Å². The number of piperazine rings is 1. The van der Waals surface area contributed by atoms with Gasteiger partial charge in [0.25, 0.3) is 11.5 Å². The van der Waals surface area contributed by atoms with Crippen LogP contribution in [0, 0.1) is 17.8 Å². The van der Waals surface area contributed by atoms with Gasteiger partial charge in [0.05, 0.1) is 5.39 Å². The molecule has 2 N–H and O–H groups in total. The summed E-state index contributed by atoms with van der Waals surface area (Å²) in [6, 6.07) is 6.69. The Kier molecular flexibility index (Phi) is 5.51. The standard InChI is InChI=1S/C23H27N5O5/c29-19(13-16-12-14-5-6-15(16)11-14)24-28-21(30)18-4-2-1-3-17(18)20(25-28)22(31)26-7-9-27(10-8-26)23(32)33/h1-4,14-16H,5-13H2,(H,24,29)(H,32,33). The quantitative estimate of drug-likeness (QED) is 0.726. The normalized spacial score (nSPS) is 24.3. The summed E-state index contributed by atoms with van der Waals surface area (Å²) in [4.78, 5) is 53.8. The summed E-state index contributed by atoms with van der Waals surface area (Å²) in [5, 5.41) is 14.1. The molecule has 3 amide bonds. The first-order valence-corrected chi connectivity index (χ1v) is 11.5. The highest BCUT2D eigenvalue weighted by molar-refractivity contribution is 6.05. The third-order valence-electron chi connectivity index (χ3n) is 7.41. The molecular weight excluding hydrogens is 426 g/mol. The number of aromatic nitrogens is 2. The van der Waals surface area contributed by atoms with Gasteiger partial charge in [0, 0.05) is 38.0 Å². The van der Waals surface area contributed by atoms with Crippen molar-refractivity contribution in [3.63, 3.8) is 0 Å². The van der Waals surface area contributed by atoms with E-state index in [0.29, 0.717) is 29.0 Å². The van der Waals surface area contributed by atoms with Crippen molar-refractivity contribution < 1.29 is 19.5 Å². The van der Waals surface area contributed by atoms with Gasteiger partial charge in [-0.3, -0.25) is 14.4 Å². The van der Waals surface area contributed by atoms with Crippen molar-refractivity contribution in [2.24, 2.45) is 17.8 Å². The summed E-state index contributed by atoms with van der Waals surface area (Å²) < 4.78 is 0. The Labute approximate surface area is 190 Å². The summed E-state index contributed by atoms with van der Waals surface area (Å²) in [7, 11) is 0. The largest absolute Gasteiger partial charge is 0.465 e. The number of benzene rings is 1. The Morgan fingerprint density at radius 3 is 2.33 bits per heavy atom. The van der Waals surface area contributed by atoms with Crippen molar-refractivity contribution in [2.75, 3.05) is 31.6 Å². The fourth-order valence-electron chi connectivity index (χ4n) is 5.70. The van der Waals surface area contributed by atoms with E-state index in [1.54, 1.807) is 24.3 Å². The molecule has 174 valence electrons. The molecule has 10 heteroatoms. The van der Waals surface area contributed by atoms with Crippen molar-refractivity contribution in [1.82, 2.24) is 19.7 Å². The van der Waals surface area contributed by atoms with Gasteiger partial charge in [-0.25, -0.2) is 10.2 Å². The van der Waals surface area contributed by atoms with Gasteiger partial charge in [-0.2, -0.15) is 0 Å². The van der Waals surface area contributed by atoms with Crippen molar-refractivity contribution in [3.8, 4) is 0 Å². The van der Waals surface area contributed by atoms with E-state index < -0.39 is 17.6 Å². The Hall–Kier alpha value is -3.43. The molecule has 2 aromatic rings. The van der Waals surface area contributed by atoms with Gasteiger partial charge in [-0.15, -0.1) is 9.89 Å². The van der Waals surface area contributed by atoms with Crippen molar-refractivity contribution in [1.29, 1.82) is 0 Å². The van der Waals surface area contributed by atoms with E-state index in [0.717, 1.165) is 17.1 Å². The lowest BCUT2D eigenvalue weighted by Crippen LogP contribution is -2.50. The van der Waals surface area contributed by atoms with E-state index in [-0.39, 0.29) is 37.8 Å². The SMILES string of the molecule is O=C(CC1CC2CCC1C2)Nn1nc(C(=O)N2CCN(C(=O)O)CC2)c2ccccc2c1=O. The summed E-state index contributed by atoms with van der Waals surface area (Å²) in [5.74, 6) is 0.980. The molecule has 3 fully saturated rings. The number of fused-ring (bicyclic) bond motifs is 3. The van der Waals surface area contributed by atoms with Gasteiger partial charge in [-0.05, 0) is 43.1 Å². The molecule has 1 aliphatic heterocycles. The second-order valence-electron chi connectivity index (χ2n) is 9.35. The van der Waals surface area contributed by atoms with Crippen molar-refractivity contribution >= 4 is 28.7 Å². The lowest BCUT2D eigenvalue weighted by molar-refractivity contribution is -0.118. The third-order valence-corrected chi connectivity index (χ3v) is 7.41. The number of hydrogen-bond acceptors (Lipinski definition) is 5. The van der Waals surface area contributed by atoms with Gasteiger partial charge >= 0.3 is 6.09 Å². The first kappa shape index (κ1) is 21.4. The Balaban J connectivity index is 1.39. The molecule has 0 radical (unpaired) electrons. The molecule has 0 spiro atoms. The highest BCUT2D eigenvalue weighted by Gasteiger charge is 2.40. The zero-order chi connectivity index (χ0) is 23.1. The maximum Gasteiger partial charge on any atom is 0.407 e. The van der Waals surface area contributed by atoms with Gasteiger partial charge in [0.2, 0.25) is 5.91 Å². The van der Waals surface area contributed by atoms with Crippen molar-refractivity contribution in [2.45, 2.75) is 32.1 Å². The van der Waals surface area contributed by atoms with E-state index in [2.05, 4.69) is 10.5 Å². The fourth-order valence-corrected chi connectivity index (χ4v) is 5.70. The number of nitrogens with zero attached hydrogens (tertiary/aromatic N) is 4. The maximum absolute atomic E-state index is 13.3. The van der Waals surface area contributed by atoms with Crippen LogP contribution in [0.5, 0.6) is 0 Å². The minimum absolute atomic E-state index is 0.0641. The Morgan fingerprint density at radius 1 is 1.00 bits per heavy atom. The van der Waals surface area contributed by atoms with Crippen LogP contribution in [-0.4, -0.2) is 68.9 Å². The number of carbonyl (C=O) groups is 3. The van der Waals surface area contributed by atoms with Crippen LogP contribution in [-0.2, 0) is 4.79 Å². The second-order valence-corrected chi connectivity index (χ2v) is 9.35. The van der Waals surface area contributed by atoms with Crippen LogP contribution in [0.15, 0.2) is 29.1 Å². The van der Waals surface area contributed by atoms with Crippen LogP contribution in [0.4, 0.5) is 4.79 Å². The highest BCUT2D eigenvalue weighted by atomic mass is 16.4. The molecule has 3 aliphatic rings. The Bertz CT molecular complexity index is 1170. The fraction of sp³-hybridized carbons (Fsp3) is 0.522. The van der Waals surface area contributed by atoms with Gasteiger partial charge in [-0.1, -0.05) is 24.6 Å². The second kappa shape index (κ2) is 8.49. The lowest BCUT2D eigenvalue weighted by Gasteiger charge is -2.33. The maximum atomic E-state index is 13.3. The van der Waals surface area contributed by atoms with Crippen LogP contribution in [0.25, 0.3) is 10.8 Å². The lowest BCUT2D eigenvalue weighted by atomic mass is 9.86. The number of carbonyl (C=O) groups excluding carboxylic acids is 2. The zero-order valence-electron chi connectivity index (χ0n) is 18.3. The summed E-state index contributed by atoms with van der Waals surface area (Å²) in [6.07, 6.45) is 4.01. The predicted octanol–water partition coefficient (Wildman–Crippen LogP) is 1.73. The Morgan fingerprint density at radius 2 is 1.70 bits per heavy atom. The first-order chi connectivity index (χ1) is 15.9. The van der Waals surface area contributed by atoms with Gasteiger partial charge < -0.3 is 14.9 Å². The molecule has 3 unspecified atom stereocenters. The number of carboxylic acid groups (broad SMARTS) is 1. The number of amides is 3. The van der Waals surface area contributed by atoms with Crippen LogP contribution < -0.4 is 11.0 Å². The van der Waals surface area contributed by atoms with Crippen LogP contribution in [0.3, 0.4) is 0 Å². The molecule has 1 aromatic heterocycles. The minimum Gasteiger partial charge on any atom is -0.465 e. The summed E-state index contributed by atoms with van der Waals surface area (Å²) >= 11 is 0. The topological polar surface area (TPSA) is 125 Å². The monoisotopic (exact) mass is 453 g/mol. The molecule has 3 atom stereocenters. The average Bonchev–Trinajstić information content (AvgIpc) is 3.44. The average molecular weight is 453 g/mol. The highest BCUT2D eigenvalue weighted by Crippen LogP contribution is 2.49. The van der Waals surface area contributed by atoms with E-state index in [4.69, 9.17) is 5.11 Å². The molecule has 33 heavy (non-hydrogen) atoms. The van der Waals surface area contributed by atoms with Crippen LogP contribution >= 0.6 is 0 Å². The molecule has 2 aliphatic carbocycles. The molecule has 2 saturated carbocycles. The van der Waals surface area contributed by atoms with Gasteiger partial charge in [0.15, 0.2) is 5.69 Å². The number of hydrogen-bond donors (Lipinski definition) is 2. The van der Waals surface area contributed by atoms with E-state index in [1.165, 1.54) is 29.1 Å². The number of rotatable bonds is 4. The molecule has 1 saturated heterocycles. The molecular formula is C23H27N5O5. The predicted molar refractivity (Wildman–Crippen MR) is 119 cm³/mol. The summed E-state index contributed by atoms with van der Waals surface area (Å²) in [5.41, 5.74) is 2.18. The smallest absolute Gasteiger partial charge is 0.407 e. The third kappa shape index (κ3) is 4.05. The molecule has 5 rings (SSSR count). The first-order valence-electron chi connectivity index (χ1n) is 11.5. The van der Waals surface area contributed by atoms with E-state index in [9.17, 15) is 19.2 Å². The van der Waals surface area contributed by atoms with Gasteiger partial charge in [0.1, 0.15) is 0 Å². The molecule has 2 bridgehead atoms.